The third-order valence-electron chi connectivity index (χ3n) is 5.46. The second-order valence-corrected chi connectivity index (χ2v) is 9.41. The summed E-state index contributed by atoms with van der Waals surface area (Å²) >= 11 is 0. The number of carboxylic acid groups (broad SMARTS) is 1. The van der Waals surface area contributed by atoms with Crippen molar-refractivity contribution >= 4 is 21.9 Å². The van der Waals surface area contributed by atoms with Crippen LogP contribution in [0.25, 0.3) is 0 Å². The van der Waals surface area contributed by atoms with E-state index in [1.54, 1.807) is 0 Å². The molecule has 0 aliphatic carbocycles. The van der Waals surface area contributed by atoms with Gasteiger partial charge in [0, 0.05) is 25.2 Å². The van der Waals surface area contributed by atoms with Crippen LogP contribution in [0.2, 0.25) is 0 Å². The lowest BCUT2D eigenvalue weighted by Gasteiger charge is -2.36. The summed E-state index contributed by atoms with van der Waals surface area (Å²) in [5.41, 5.74) is 0.313. The summed E-state index contributed by atoms with van der Waals surface area (Å²) in [6.07, 6.45) is 3.96. The topological polar surface area (TPSA) is 95.0 Å². The fourth-order valence-corrected chi connectivity index (χ4v) is 5.33. The van der Waals surface area contributed by atoms with Crippen LogP contribution in [-0.4, -0.2) is 60.3 Å². The number of benzene rings is 1. The second-order valence-electron chi connectivity index (χ2n) is 7.47. The minimum absolute atomic E-state index is 0.169. The van der Waals surface area contributed by atoms with E-state index in [0.29, 0.717) is 31.6 Å². The lowest BCUT2D eigenvalue weighted by atomic mass is 9.92. The van der Waals surface area contributed by atoms with Gasteiger partial charge in [-0.2, -0.15) is 4.31 Å². The fraction of sp³-hybridized carbons (Fsp3) is 0.579. The van der Waals surface area contributed by atoms with Crippen molar-refractivity contribution in [2.24, 2.45) is 5.92 Å². The highest BCUT2D eigenvalue weighted by Gasteiger charge is 2.35. The average Bonchev–Trinajstić information content (AvgIpc) is 2.68. The van der Waals surface area contributed by atoms with E-state index in [4.69, 9.17) is 0 Å². The highest BCUT2D eigenvalue weighted by Crippen LogP contribution is 2.26. The van der Waals surface area contributed by atoms with E-state index in [-0.39, 0.29) is 16.7 Å². The monoisotopic (exact) mass is 394 g/mol. The van der Waals surface area contributed by atoms with Crippen molar-refractivity contribution in [3.63, 3.8) is 0 Å². The standard InChI is InChI=1S/C19H26N2O5S/c1-14-9-12-21(17(13-14)19(23)24)18(22)15-5-7-16(8-6-15)27(25,26)20-10-3-2-4-11-20/h5-8,14,17H,2-4,9-13H2,1H3,(H,23,24). The van der Waals surface area contributed by atoms with Crippen LogP contribution in [0, 0.1) is 5.92 Å². The first-order valence-corrected chi connectivity index (χ1v) is 10.9. The van der Waals surface area contributed by atoms with Crippen LogP contribution in [0.3, 0.4) is 0 Å². The number of aliphatic carboxylic acids is 1. The van der Waals surface area contributed by atoms with Gasteiger partial charge in [-0.05, 0) is 55.9 Å². The van der Waals surface area contributed by atoms with Gasteiger partial charge in [0.25, 0.3) is 5.91 Å². The Bertz CT molecular complexity index is 800. The number of hydrogen-bond acceptors (Lipinski definition) is 4. The van der Waals surface area contributed by atoms with Gasteiger partial charge in [0.05, 0.1) is 4.90 Å². The molecule has 8 heteroatoms. The molecule has 2 fully saturated rings. The molecule has 2 aliphatic heterocycles. The zero-order valence-electron chi connectivity index (χ0n) is 15.5. The van der Waals surface area contributed by atoms with Crippen molar-refractivity contribution in [1.82, 2.24) is 9.21 Å². The van der Waals surface area contributed by atoms with E-state index < -0.39 is 22.0 Å². The molecule has 27 heavy (non-hydrogen) atoms. The third kappa shape index (κ3) is 4.16. The number of nitrogens with zero attached hydrogens (tertiary/aromatic N) is 2. The molecule has 2 unspecified atom stereocenters. The first-order valence-electron chi connectivity index (χ1n) is 9.44. The number of carbonyl (C=O) groups excluding carboxylic acids is 1. The number of likely N-dealkylation sites (tertiary alicyclic amines) is 1. The average molecular weight is 394 g/mol. The van der Waals surface area contributed by atoms with Crippen molar-refractivity contribution in [3.8, 4) is 0 Å². The molecule has 0 radical (unpaired) electrons. The van der Waals surface area contributed by atoms with Crippen LogP contribution >= 0.6 is 0 Å². The van der Waals surface area contributed by atoms with Gasteiger partial charge < -0.3 is 10.0 Å². The van der Waals surface area contributed by atoms with Crippen LogP contribution < -0.4 is 0 Å². The largest absolute Gasteiger partial charge is 0.480 e. The summed E-state index contributed by atoms with van der Waals surface area (Å²) in [5, 5.41) is 9.44. The minimum Gasteiger partial charge on any atom is -0.480 e. The maximum absolute atomic E-state index is 12.8. The summed E-state index contributed by atoms with van der Waals surface area (Å²) in [7, 11) is -3.55. The molecule has 2 aliphatic rings. The SMILES string of the molecule is CC1CCN(C(=O)c2ccc(S(=O)(=O)N3CCCCC3)cc2)C(C(=O)O)C1. The molecule has 0 aromatic heterocycles. The molecule has 0 spiro atoms. The quantitative estimate of drug-likeness (QED) is 0.845. The number of amides is 1. The van der Waals surface area contributed by atoms with Crippen molar-refractivity contribution in [1.29, 1.82) is 0 Å². The molecule has 1 amide bonds. The molecule has 3 rings (SSSR count). The van der Waals surface area contributed by atoms with E-state index in [9.17, 15) is 23.1 Å². The van der Waals surface area contributed by atoms with Gasteiger partial charge >= 0.3 is 5.97 Å². The van der Waals surface area contributed by atoms with E-state index in [0.717, 1.165) is 25.7 Å². The first kappa shape index (κ1) is 19.8. The van der Waals surface area contributed by atoms with E-state index in [1.807, 2.05) is 6.92 Å². The minimum atomic E-state index is -3.55. The fourth-order valence-electron chi connectivity index (χ4n) is 3.81. The van der Waals surface area contributed by atoms with E-state index in [1.165, 1.54) is 33.5 Å². The second kappa shape index (κ2) is 7.98. The van der Waals surface area contributed by atoms with Crippen molar-refractivity contribution in [2.45, 2.75) is 50.0 Å². The number of rotatable bonds is 4. The van der Waals surface area contributed by atoms with Crippen molar-refractivity contribution in [2.75, 3.05) is 19.6 Å². The summed E-state index contributed by atoms with van der Waals surface area (Å²) in [4.78, 5) is 25.9. The van der Waals surface area contributed by atoms with Crippen LogP contribution in [0.4, 0.5) is 0 Å². The number of hydrogen-bond donors (Lipinski definition) is 1. The Kier molecular flexibility index (Phi) is 5.86. The Hall–Kier alpha value is -1.93. The summed E-state index contributed by atoms with van der Waals surface area (Å²) in [5.74, 6) is -1.11. The lowest BCUT2D eigenvalue weighted by Crippen LogP contribution is -2.49. The zero-order valence-corrected chi connectivity index (χ0v) is 16.3. The molecule has 2 heterocycles. The van der Waals surface area contributed by atoms with Crippen LogP contribution in [0.15, 0.2) is 29.2 Å². The molecule has 0 bridgehead atoms. The van der Waals surface area contributed by atoms with Gasteiger partial charge in [-0.1, -0.05) is 13.3 Å². The molecular formula is C19H26N2O5S. The first-order chi connectivity index (χ1) is 12.8. The maximum atomic E-state index is 12.8. The molecule has 7 nitrogen and oxygen atoms in total. The summed E-state index contributed by atoms with van der Waals surface area (Å²) in [6, 6.07) is 5.02. The maximum Gasteiger partial charge on any atom is 0.326 e. The van der Waals surface area contributed by atoms with Crippen LogP contribution in [0.5, 0.6) is 0 Å². The molecule has 1 aromatic carbocycles. The number of carbonyl (C=O) groups is 2. The van der Waals surface area contributed by atoms with Gasteiger partial charge in [0.2, 0.25) is 10.0 Å². The summed E-state index contributed by atoms with van der Waals surface area (Å²) in [6.45, 7) is 3.42. The smallest absolute Gasteiger partial charge is 0.326 e. The molecule has 148 valence electrons. The Morgan fingerprint density at radius 2 is 1.67 bits per heavy atom. The Morgan fingerprint density at radius 3 is 2.26 bits per heavy atom. The van der Waals surface area contributed by atoms with Crippen molar-refractivity contribution < 1.29 is 23.1 Å². The van der Waals surface area contributed by atoms with Gasteiger partial charge in [0.1, 0.15) is 6.04 Å². The number of sulfonamides is 1. The van der Waals surface area contributed by atoms with Crippen LogP contribution in [-0.2, 0) is 14.8 Å². The highest BCUT2D eigenvalue weighted by atomic mass is 32.2. The Morgan fingerprint density at radius 1 is 1.04 bits per heavy atom. The Balaban J connectivity index is 1.78. The van der Waals surface area contributed by atoms with E-state index >= 15 is 0 Å². The third-order valence-corrected chi connectivity index (χ3v) is 7.38. The van der Waals surface area contributed by atoms with Gasteiger partial charge in [0.15, 0.2) is 0 Å². The predicted molar refractivity (Wildman–Crippen MR) is 99.9 cm³/mol. The molecule has 0 saturated carbocycles. The normalized spacial score (nSPS) is 24.6. The van der Waals surface area contributed by atoms with Gasteiger partial charge in [-0.3, -0.25) is 4.79 Å². The molecular weight excluding hydrogens is 368 g/mol. The lowest BCUT2D eigenvalue weighted by molar-refractivity contribution is -0.144. The molecule has 1 aromatic rings. The molecule has 2 saturated heterocycles. The van der Waals surface area contributed by atoms with Gasteiger partial charge in [-0.25, -0.2) is 13.2 Å². The van der Waals surface area contributed by atoms with E-state index in [2.05, 4.69) is 0 Å². The molecule has 2 atom stereocenters. The number of carboxylic acids is 1. The van der Waals surface area contributed by atoms with Crippen molar-refractivity contribution in [3.05, 3.63) is 29.8 Å². The number of piperidine rings is 2. The molecule has 1 N–H and O–H groups in total. The highest BCUT2D eigenvalue weighted by molar-refractivity contribution is 7.89. The van der Waals surface area contributed by atoms with Gasteiger partial charge in [-0.15, -0.1) is 0 Å². The summed E-state index contributed by atoms with van der Waals surface area (Å²) < 4.78 is 26.9. The van der Waals surface area contributed by atoms with Crippen LogP contribution in [0.1, 0.15) is 49.4 Å². The Labute approximate surface area is 160 Å². The zero-order chi connectivity index (χ0) is 19.6. The predicted octanol–water partition coefficient (Wildman–Crippen LogP) is 2.19.